The van der Waals surface area contributed by atoms with Gasteiger partial charge in [-0.25, -0.2) is 0 Å². The minimum atomic E-state index is -0.471. The van der Waals surface area contributed by atoms with Crippen LogP contribution in [0.1, 0.15) is 77.5 Å². The quantitative estimate of drug-likeness (QED) is 0.291. The molecule has 9 nitrogen and oxygen atoms in total. The van der Waals surface area contributed by atoms with Crippen molar-refractivity contribution in [3.63, 3.8) is 0 Å². The van der Waals surface area contributed by atoms with Gasteiger partial charge >= 0.3 is 5.97 Å². The van der Waals surface area contributed by atoms with Crippen LogP contribution in [0.2, 0.25) is 0 Å². The van der Waals surface area contributed by atoms with Gasteiger partial charge in [-0.15, -0.1) is 0 Å². The van der Waals surface area contributed by atoms with Crippen LogP contribution in [0.25, 0.3) is 10.9 Å². The van der Waals surface area contributed by atoms with E-state index in [1.54, 1.807) is 11.8 Å². The molecular weight excluding hydrogens is 518 g/mol. The first-order valence-electron chi connectivity index (χ1n) is 15.3. The predicted octanol–water partition coefficient (Wildman–Crippen LogP) is 4.01. The van der Waals surface area contributed by atoms with Gasteiger partial charge in [0.25, 0.3) is 0 Å². The SMILES string of the molecule is CCOC(=O)CCCN[C@H]1CCN([C@H](C(=O)N2CCC[C@H]2CCc2cc3ccc(C#N)cc3n2CC)C(C)C)C1=O. The highest BCUT2D eigenvalue weighted by Gasteiger charge is 2.43. The number of aromatic nitrogens is 1. The number of ether oxygens (including phenoxy) is 1. The maximum atomic E-state index is 14.0. The van der Waals surface area contributed by atoms with E-state index in [9.17, 15) is 19.6 Å². The largest absolute Gasteiger partial charge is 0.466 e. The maximum absolute atomic E-state index is 14.0. The van der Waals surface area contributed by atoms with E-state index in [-0.39, 0.29) is 35.8 Å². The Balaban J connectivity index is 1.38. The van der Waals surface area contributed by atoms with E-state index >= 15 is 0 Å². The van der Waals surface area contributed by atoms with Crippen molar-refractivity contribution in [3.8, 4) is 6.07 Å². The van der Waals surface area contributed by atoms with Crippen LogP contribution >= 0.6 is 0 Å². The van der Waals surface area contributed by atoms with E-state index in [2.05, 4.69) is 28.9 Å². The summed E-state index contributed by atoms with van der Waals surface area (Å²) in [6, 6.07) is 9.63. The topological polar surface area (TPSA) is 108 Å². The molecule has 0 spiro atoms. The number of likely N-dealkylation sites (tertiary alicyclic amines) is 2. The molecule has 2 aromatic rings. The first-order valence-corrected chi connectivity index (χ1v) is 15.3. The number of fused-ring (bicyclic) bond motifs is 1. The summed E-state index contributed by atoms with van der Waals surface area (Å²) in [6.07, 6.45) is 5.27. The van der Waals surface area contributed by atoms with Crippen molar-refractivity contribution in [2.45, 2.75) is 97.3 Å². The molecule has 0 bridgehead atoms. The molecular formula is C32H45N5O4. The van der Waals surface area contributed by atoms with Gasteiger partial charge in [0, 0.05) is 43.3 Å². The van der Waals surface area contributed by atoms with Crippen molar-refractivity contribution in [3.05, 3.63) is 35.5 Å². The highest BCUT2D eigenvalue weighted by Crippen LogP contribution is 2.29. The molecule has 41 heavy (non-hydrogen) atoms. The molecule has 2 fully saturated rings. The molecule has 0 saturated carbocycles. The first-order chi connectivity index (χ1) is 19.8. The minimum Gasteiger partial charge on any atom is -0.466 e. The van der Waals surface area contributed by atoms with E-state index in [0.29, 0.717) is 44.5 Å². The lowest BCUT2D eigenvalue weighted by molar-refractivity contribution is -0.146. The average Bonchev–Trinajstić information content (AvgIpc) is 3.66. The van der Waals surface area contributed by atoms with E-state index in [4.69, 9.17) is 4.74 Å². The zero-order chi connectivity index (χ0) is 29.5. The van der Waals surface area contributed by atoms with Gasteiger partial charge in [0.15, 0.2) is 0 Å². The standard InChI is InChI=1S/C32H45N5O4/c1-5-35-26(20-24-12-11-23(21-33)19-28(24)35)14-13-25-9-8-17-36(25)32(40)30(22(3)4)37-18-15-27(31(37)39)34-16-7-10-29(38)41-6-2/h11-12,19-20,22,25,27,30,34H,5-10,13-18H2,1-4H3/t25-,27-,30-/m0/s1. The van der Waals surface area contributed by atoms with E-state index < -0.39 is 6.04 Å². The van der Waals surface area contributed by atoms with E-state index in [1.807, 2.05) is 36.9 Å². The smallest absolute Gasteiger partial charge is 0.305 e. The van der Waals surface area contributed by atoms with E-state index in [1.165, 1.54) is 5.69 Å². The number of carbonyl (C=O) groups excluding carboxylic acids is 3. The van der Waals surface area contributed by atoms with Gasteiger partial charge in [-0.1, -0.05) is 19.9 Å². The lowest BCUT2D eigenvalue weighted by atomic mass is 9.99. The summed E-state index contributed by atoms with van der Waals surface area (Å²) < 4.78 is 7.25. The fourth-order valence-corrected chi connectivity index (χ4v) is 6.56. The molecule has 1 N–H and O–H groups in total. The molecule has 1 aromatic heterocycles. The molecule has 1 aromatic carbocycles. The molecule has 2 aliphatic heterocycles. The van der Waals surface area contributed by atoms with Crippen LogP contribution in [0.4, 0.5) is 0 Å². The second-order valence-corrected chi connectivity index (χ2v) is 11.6. The first kappa shape index (κ1) is 30.6. The van der Waals surface area contributed by atoms with Gasteiger partial charge in [-0.05, 0) is 88.4 Å². The number of esters is 1. The summed E-state index contributed by atoms with van der Waals surface area (Å²) >= 11 is 0. The Hall–Kier alpha value is -3.38. The van der Waals surface area contributed by atoms with Crippen LogP contribution in [0.3, 0.4) is 0 Å². The molecule has 0 radical (unpaired) electrons. The minimum absolute atomic E-state index is 0.00668. The van der Waals surface area contributed by atoms with Gasteiger partial charge in [0.2, 0.25) is 11.8 Å². The Morgan fingerprint density at radius 1 is 1.17 bits per heavy atom. The predicted molar refractivity (Wildman–Crippen MR) is 158 cm³/mol. The molecule has 222 valence electrons. The normalized spacial score (nSPS) is 19.8. The van der Waals surface area contributed by atoms with Gasteiger partial charge in [-0.2, -0.15) is 5.26 Å². The lowest BCUT2D eigenvalue weighted by Gasteiger charge is -2.36. The average molecular weight is 564 g/mol. The molecule has 2 amide bonds. The van der Waals surface area contributed by atoms with Crippen LogP contribution in [0, 0.1) is 17.2 Å². The van der Waals surface area contributed by atoms with Crippen LogP contribution in [-0.4, -0.2) is 76.5 Å². The third kappa shape index (κ3) is 6.92. The number of amides is 2. The Morgan fingerprint density at radius 2 is 1.98 bits per heavy atom. The highest BCUT2D eigenvalue weighted by molar-refractivity contribution is 5.91. The number of hydrogen-bond donors (Lipinski definition) is 1. The van der Waals surface area contributed by atoms with Crippen LogP contribution in [0.5, 0.6) is 0 Å². The van der Waals surface area contributed by atoms with Crippen molar-refractivity contribution in [2.24, 2.45) is 5.92 Å². The van der Waals surface area contributed by atoms with Crippen molar-refractivity contribution < 1.29 is 19.1 Å². The number of nitriles is 1. The second kappa shape index (κ2) is 14.0. The lowest BCUT2D eigenvalue weighted by Crippen LogP contribution is -2.54. The third-order valence-corrected chi connectivity index (χ3v) is 8.54. The highest BCUT2D eigenvalue weighted by atomic mass is 16.5. The Morgan fingerprint density at radius 3 is 2.68 bits per heavy atom. The van der Waals surface area contributed by atoms with Gasteiger partial charge in [0.1, 0.15) is 6.04 Å². The number of rotatable bonds is 13. The molecule has 0 aliphatic carbocycles. The number of carbonyl (C=O) groups is 3. The summed E-state index contributed by atoms with van der Waals surface area (Å²) in [6.45, 7) is 11.0. The Labute approximate surface area is 243 Å². The molecule has 9 heteroatoms. The molecule has 3 atom stereocenters. The molecule has 2 saturated heterocycles. The third-order valence-electron chi connectivity index (χ3n) is 8.54. The summed E-state index contributed by atoms with van der Waals surface area (Å²) in [5, 5.41) is 13.8. The number of nitrogens with one attached hydrogen (secondary N) is 1. The van der Waals surface area contributed by atoms with Crippen molar-refractivity contribution >= 4 is 28.7 Å². The maximum Gasteiger partial charge on any atom is 0.305 e. The zero-order valence-electron chi connectivity index (χ0n) is 25.0. The summed E-state index contributed by atoms with van der Waals surface area (Å²) in [5.74, 6) is -0.169. The molecule has 2 aliphatic rings. The second-order valence-electron chi connectivity index (χ2n) is 11.6. The van der Waals surface area contributed by atoms with Gasteiger partial charge in [0.05, 0.1) is 24.3 Å². The zero-order valence-corrected chi connectivity index (χ0v) is 25.0. The van der Waals surface area contributed by atoms with Crippen LogP contribution in [0.15, 0.2) is 24.3 Å². The fourth-order valence-electron chi connectivity index (χ4n) is 6.56. The molecule has 4 rings (SSSR count). The Bertz CT molecular complexity index is 1280. The molecule has 3 heterocycles. The number of benzene rings is 1. The fraction of sp³-hybridized carbons (Fsp3) is 0.625. The monoisotopic (exact) mass is 563 g/mol. The number of hydrogen-bond acceptors (Lipinski definition) is 6. The van der Waals surface area contributed by atoms with Gasteiger partial charge < -0.3 is 24.4 Å². The summed E-state index contributed by atoms with van der Waals surface area (Å²) in [7, 11) is 0. The molecule has 0 unspecified atom stereocenters. The van der Waals surface area contributed by atoms with Crippen LogP contribution < -0.4 is 5.32 Å². The van der Waals surface area contributed by atoms with Crippen molar-refractivity contribution in [1.82, 2.24) is 19.7 Å². The van der Waals surface area contributed by atoms with E-state index in [0.717, 1.165) is 49.7 Å². The summed E-state index contributed by atoms with van der Waals surface area (Å²) in [4.78, 5) is 42.8. The van der Waals surface area contributed by atoms with Crippen molar-refractivity contribution in [1.29, 1.82) is 5.26 Å². The number of aryl methyl sites for hydroxylation is 2. The summed E-state index contributed by atoms with van der Waals surface area (Å²) in [5.41, 5.74) is 2.97. The van der Waals surface area contributed by atoms with Gasteiger partial charge in [-0.3, -0.25) is 14.4 Å². The number of nitrogens with zero attached hydrogens (tertiary/aromatic N) is 4. The Kier molecular flexibility index (Phi) is 10.4. The van der Waals surface area contributed by atoms with Crippen molar-refractivity contribution in [2.75, 3.05) is 26.2 Å². The van der Waals surface area contributed by atoms with Crippen LogP contribution in [-0.2, 0) is 32.1 Å².